The normalized spacial score (nSPS) is 22.1. The number of aromatic nitrogens is 2. The van der Waals surface area contributed by atoms with Gasteiger partial charge in [0.25, 0.3) is 0 Å². The molecule has 3 atom stereocenters. The van der Waals surface area contributed by atoms with E-state index in [0.717, 1.165) is 73.1 Å². The van der Waals surface area contributed by atoms with Crippen molar-refractivity contribution in [3.8, 4) is 0 Å². The first-order valence-corrected chi connectivity index (χ1v) is 12.6. The fourth-order valence-corrected chi connectivity index (χ4v) is 5.93. The van der Waals surface area contributed by atoms with E-state index in [1.807, 2.05) is 19.1 Å². The molecule has 5 rings (SSSR count). The van der Waals surface area contributed by atoms with Gasteiger partial charge in [-0.15, -0.1) is 0 Å². The van der Waals surface area contributed by atoms with E-state index in [0.29, 0.717) is 6.42 Å². The Labute approximate surface area is 205 Å². The smallest absolute Gasteiger partial charge is 0.414 e. The monoisotopic (exact) mass is 475 g/mol. The summed E-state index contributed by atoms with van der Waals surface area (Å²) in [5, 5.41) is 9.70. The molecule has 184 valence electrons. The Kier molecular flexibility index (Phi) is 6.50. The maximum absolute atomic E-state index is 12.6. The molecule has 1 aromatic heterocycles. The molecule has 1 fully saturated rings. The molecule has 2 aliphatic rings. The topological polar surface area (TPSA) is 84.7 Å². The molecule has 3 aromatic rings. The van der Waals surface area contributed by atoms with E-state index < -0.39 is 5.97 Å². The van der Waals surface area contributed by atoms with Crippen LogP contribution in [-0.2, 0) is 28.8 Å². The van der Waals surface area contributed by atoms with Crippen LogP contribution >= 0.6 is 0 Å². The van der Waals surface area contributed by atoms with Gasteiger partial charge in [-0.1, -0.05) is 36.8 Å². The van der Waals surface area contributed by atoms with Crippen molar-refractivity contribution in [2.75, 3.05) is 12.0 Å². The lowest BCUT2D eigenvalue weighted by Crippen LogP contribution is -2.42. The number of benzene rings is 2. The van der Waals surface area contributed by atoms with E-state index in [4.69, 9.17) is 9.72 Å². The highest BCUT2D eigenvalue weighted by atomic mass is 16.5. The van der Waals surface area contributed by atoms with Crippen molar-refractivity contribution in [2.24, 2.45) is 5.92 Å². The number of fused-ring (bicyclic) bond motifs is 3. The van der Waals surface area contributed by atoms with Crippen LogP contribution in [0.25, 0.3) is 11.0 Å². The number of ether oxygens (including phenoxy) is 1. The largest absolute Gasteiger partial charge is 0.481 e. The third kappa shape index (κ3) is 4.40. The molecule has 1 saturated carbocycles. The first-order valence-electron chi connectivity index (χ1n) is 12.6. The number of imidazole rings is 1. The minimum Gasteiger partial charge on any atom is -0.481 e. The highest BCUT2D eigenvalue weighted by Crippen LogP contribution is 2.40. The number of carboxylic acid groups (broad SMARTS) is 1. The van der Waals surface area contributed by atoms with Gasteiger partial charge in [0.15, 0.2) is 0 Å². The average molecular weight is 476 g/mol. The van der Waals surface area contributed by atoms with Gasteiger partial charge in [0, 0.05) is 24.1 Å². The number of nitrogens with zero attached hydrogens (tertiary/aromatic N) is 3. The van der Waals surface area contributed by atoms with Crippen molar-refractivity contribution < 1.29 is 19.4 Å². The van der Waals surface area contributed by atoms with Gasteiger partial charge >= 0.3 is 12.1 Å². The van der Waals surface area contributed by atoms with Gasteiger partial charge < -0.3 is 14.4 Å². The van der Waals surface area contributed by atoms with Crippen LogP contribution in [0.5, 0.6) is 0 Å². The SMILES string of the molecule is COC(=O)N1c2ccc3c(nc(CCc4ccccc4)n3[C@@H]3CCC[C@H](C(=O)O)C3)c2CCC1C. The maximum Gasteiger partial charge on any atom is 0.414 e. The molecule has 1 aliphatic heterocycles. The molecule has 0 bridgehead atoms. The van der Waals surface area contributed by atoms with Crippen LogP contribution in [0.4, 0.5) is 10.5 Å². The van der Waals surface area contributed by atoms with E-state index in [9.17, 15) is 14.7 Å². The predicted octanol–water partition coefficient (Wildman–Crippen LogP) is 5.54. The second kappa shape index (κ2) is 9.72. The van der Waals surface area contributed by atoms with Crippen LogP contribution in [0.2, 0.25) is 0 Å². The Morgan fingerprint density at radius 2 is 1.89 bits per heavy atom. The molecule has 1 N–H and O–H groups in total. The van der Waals surface area contributed by atoms with Crippen molar-refractivity contribution in [3.63, 3.8) is 0 Å². The van der Waals surface area contributed by atoms with E-state index in [1.165, 1.54) is 12.7 Å². The summed E-state index contributed by atoms with van der Waals surface area (Å²) < 4.78 is 7.39. The van der Waals surface area contributed by atoms with E-state index in [1.54, 1.807) is 4.90 Å². The van der Waals surface area contributed by atoms with Crippen LogP contribution in [0.3, 0.4) is 0 Å². The molecule has 7 heteroatoms. The molecule has 0 saturated heterocycles. The summed E-state index contributed by atoms with van der Waals surface area (Å²) in [6, 6.07) is 14.6. The lowest BCUT2D eigenvalue weighted by Gasteiger charge is -2.34. The quantitative estimate of drug-likeness (QED) is 0.523. The summed E-state index contributed by atoms with van der Waals surface area (Å²) in [6.07, 6.45) is 6.20. The molecule has 2 heterocycles. The molecule has 7 nitrogen and oxygen atoms in total. The number of rotatable bonds is 5. The van der Waals surface area contributed by atoms with Gasteiger partial charge in [-0.05, 0) is 63.1 Å². The number of aliphatic carboxylic acids is 1. The highest BCUT2D eigenvalue weighted by Gasteiger charge is 2.34. The van der Waals surface area contributed by atoms with Crippen LogP contribution in [0.15, 0.2) is 42.5 Å². The minimum atomic E-state index is -0.704. The first kappa shape index (κ1) is 23.4. The lowest BCUT2D eigenvalue weighted by molar-refractivity contribution is -0.143. The number of aryl methyl sites for hydroxylation is 3. The zero-order valence-corrected chi connectivity index (χ0v) is 20.4. The van der Waals surface area contributed by atoms with Gasteiger partial charge in [0.2, 0.25) is 0 Å². The number of amides is 1. The lowest BCUT2D eigenvalue weighted by atomic mass is 9.85. The number of carboxylic acids is 1. The Balaban J connectivity index is 1.60. The van der Waals surface area contributed by atoms with E-state index >= 15 is 0 Å². The number of methoxy groups -OCH3 is 1. The van der Waals surface area contributed by atoms with Gasteiger partial charge in [-0.2, -0.15) is 0 Å². The number of anilines is 1. The average Bonchev–Trinajstić information content (AvgIpc) is 3.26. The third-order valence-corrected chi connectivity index (χ3v) is 7.74. The maximum atomic E-state index is 12.6. The summed E-state index contributed by atoms with van der Waals surface area (Å²) in [5.74, 6) is -0.0250. The fourth-order valence-electron chi connectivity index (χ4n) is 5.93. The second-order valence-corrected chi connectivity index (χ2v) is 9.90. The molecule has 35 heavy (non-hydrogen) atoms. The minimum absolute atomic E-state index is 0.0571. The Bertz CT molecular complexity index is 1240. The molecule has 0 spiro atoms. The Morgan fingerprint density at radius 3 is 2.63 bits per heavy atom. The first-order chi connectivity index (χ1) is 17.0. The highest BCUT2D eigenvalue weighted by molar-refractivity contribution is 5.95. The van der Waals surface area contributed by atoms with E-state index in [2.05, 4.69) is 34.9 Å². The van der Waals surface area contributed by atoms with Crippen molar-refractivity contribution in [2.45, 2.75) is 70.4 Å². The van der Waals surface area contributed by atoms with Crippen molar-refractivity contribution >= 4 is 28.8 Å². The molecule has 2 aromatic carbocycles. The van der Waals surface area contributed by atoms with Crippen LogP contribution in [0.1, 0.15) is 62.0 Å². The number of hydrogen-bond acceptors (Lipinski definition) is 4. The third-order valence-electron chi connectivity index (χ3n) is 7.74. The molecule has 1 unspecified atom stereocenters. The van der Waals surface area contributed by atoms with Crippen LogP contribution in [0, 0.1) is 5.92 Å². The fraction of sp³-hybridized carbons (Fsp3) is 0.464. The van der Waals surface area contributed by atoms with Crippen molar-refractivity contribution in [1.29, 1.82) is 0 Å². The molecular formula is C28H33N3O4. The summed E-state index contributed by atoms with van der Waals surface area (Å²) in [6.45, 7) is 2.04. The van der Waals surface area contributed by atoms with Gasteiger partial charge in [-0.3, -0.25) is 9.69 Å². The number of carbonyl (C=O) groups excluding carboxylic acids is 1. The standard InChI is InChI=1S/C28H33N3O4/c1-18-11-13-22-23(30(18)28(34)35-2)14-15-24-26(22)29-25(16-12-19-7-4-3-5-8-19)31(24)21-10-6-9-20(17-21)27(32)33/h3-5,7-8,14-15,18,20-21H,6,9-13,16-17H2,1-2H3,(H,32,33)/t18?,20-,21+/m0/s1. The van der Waals surface area contributed by atoms with Crippen LogP contribution in [-0.4, -0.2) is 39.9 Å². The Hall–Kier alpha value is -3.35. The second-order valence-electron chi connectivity index (χ2n) is 9.90. The molecule has 1 aliphatic carbocycles. The number of carbonyl (C=O) groups is 2. The summed E-state index contributed by atoms with van der Waals surface area (Å²) >= 11 is 0. The summed E-state index contributed by atoms with van der Waals surface area (Å²) in [4.78, 5) is 31.3. The van der Waals surface area contributed by atoms with Gasteiger partial charge in [-0.25, -0.2) is 9.78 Å². The zero-order valence-electron chi connectivity index (χ0n) is 20.4. The Morgan fingerprint density at radius 1 is 1.09 bits per heavy atom. The summed E-state index contributed by atoms with van der Waals surface area (Å²) in [7, 11) is 1.42. The van der Waals surface area contributed by atoms with Gasteiger partial charge in [0.1, 0.15) is 5.82 Å². The van der Waals surface area contributed by atoms with Crippen LogP contribution < -0.4 is 4.90 Å². The number of hydrogen-bond donors (Lipinski definition) is 1. The van der Waals surface area contributed by atoms with Crippen molar-refractivity contribution in [1.82, 2.24) is 9.55 Å². The van der Waals surface area contributed by atoms with Crippen molar-refractivity contribution in [3.05, 3.63) is 59.4 Å². The summed E-state index contributed by atoms with van der Waals surface area (Å²) in [5.41, 5.74) is 5.18. The molecule has 0 radical (unpaired) electrons. The molecule has 1 amide bonds. The van der Waals surface area contributed by atoms with E-state index in [-0.39, 0.29) is 24.1 Å². The molecular weight excluding hydrogens is 442 g/mol. The van der Waals surface area contributed by atoms with Gasteiger partial charge in [0.05, 0.1) is 29.7 Å². The predicted molar refractivity (Wildman–Crippen MR) is 135 cm³/mol. The zero-order chi connectivity index (χ0) is 24.5.